The number of nitrogens with zero attached hydrogens (tertiary/aromatic N) is 2. The first-order valence-electron chi connectivity index (χ1n) is 11.8. The topological polar surface area (TPSA) is 57.8 Å². The fourth-order valence-corrected chi connectivity index (χ4v) is 4.97. The van der Waals surface area contributed by atoms with E-state index in [0.29, 0.717) is 23.8 Å². The first-order chi connectivity index (χ1) is 16.0. The van der Waals surface area contributed by atoms with Crippen LogP contribution in [0.25, 0.3) is 22.4 Å². The fourth-order valence-electron chi connectivity index (χ4n) is 4.97. The van der Waals surface area contributed by atoms with Gasteiger partial charge in [0.25, 0.3) is 5.56 Å². The third kappa shape index (κ3) is 4.36. The number of rotatable bonds is 6. The lowest BCUT2D eigenvalue weighted by Crippen LogP contribution is -2.24. The largest absolute Gasteiger partial charge is 0.316 e. The van der Waals surface area contributed by atoms with Crippen LogP contribution in [0.3, 0.4) is 0 Å². The highest BCUT2D eigenvalue weighted by molar-refractivity contribution is 5.82. The smallest absolute Gasteiger partial charge is 0.253 e. The lowest BCUT2D eigenvalue weighted by atomic mass is 9.93. The van der Waals surface area contributed by atoms with E-state index in [4.69, 9.17) is 5.26 Å². The predicted molar refractivity (Wildman–Crippen MR) is 129 cm³/mol. The van der Waals surface area contributed by atoms with Gasteiger partial charge in [0.15, 0.2) is 0 Å². The Hall–Kier alpha value is -3.23. The summed E-state index contributed by atoms with van der Waals surface area (Å²) >= 11 is 0. The molecule has 2 heterocycles. The van der Waals surface area contributed by atoms with Crippen molar-refractivity contribution in [2.75, 3.05) is 13.1 Å². The first-order valence-corrected chi connectivity index (χ1v) is 11.8. The van der Waals surface area contributed by atoms with Crippen LogP contribution < -0.4 is 10.9 Å². The van der Waals surface area contributed by atoms with E-state index in [9.17, 15) is 9.18 Å². The average molecular weight is 442 g/mol. The van der Waals surface area contributed by atoms with Gasteiger partial charge in [-0.05, 0) is 91.9 Å². The maximum Gasteiger partial charge on any atom is 0.253 e. The van der Waals surface area contributed by atoms with E-state index in [2.05, 4.69) is 29.6 Å². The van der Waals surface area contributed by atoms with Crippen LogP contribution in [0.15, 0.2) is 53.3 Å². The van der Waals surface area contributed by atoms with Crippen molar-refractivity contribution in [3.8, 4) is 28.5 Å². The Bertz CT molecular complexity index is 1280. The molecule has 0 radical (unpaired) electrons. The number of aromatic nitrogens is 1. The number of halogens is 1. The molecule has 2 fully saturated rings. The maximum absolute atomic E-state index is 14.6. The standard InChI is InChI=1S/C28H28FN3O/c1-32-27(21-8-6-20(7-9-21)19-4-5-19)25(22-10-11-24(16-30)26(29)15-22)14-23(28(32)33)3-2-18-12-13-31-17-18/h6-11,14-15,18-19,31H,2-5,12-13,17H2,1H3/t18-/m0/s1. The van der Waals surface area contributed by atoms with Crippen molar-refractivity contribution in [3.63, 3.8) is 0 Å². The highest BCUT2D eigenvalue weighted by Crippen LogP contribution is 2.41. The van der Waals surface area contributed by atoms with Crippen LogP contribution in [0.1, 0.15) is 48.3 Å². The SMILES string of the molecule is Cn1c(-c2ccc(C3CC3)cc2)c(-c2ccc(C#N)c(F)c2)cc(CC[C@H]2CCNC2)c1=O. The van der Waals surface area contributed by atoms with Gasteiger partial charge in [0.1, 0.15) is 11.9 Å². The van der Waals surface area contributed by atoms with Gasteiger partial charge in [0.05, 0.1) is 11.3 Å². The summed E-state index contributed by atoms with van der Waals surface area (Å²) in [5.74, 6) is 0.694. The molecule has 0 bridgehead atoms. The van der Waals surface area contributed by atoms with Crippen LogP contribution in [-0.2, 0) is 13.5 Å². The average Bonchev–Trinajstić information content (AvgIpc) is 3.55. The summed E-state index contributed by atoms with van der Waals surface area (Å²) in [5, 5.41) is 12.5. The van der Waals surface area contributed by atoms with E-state index in [0.717, 1.165) is 48.3 Å². The number of hydrogen-bond donors (Lipinski definition) is 1. The zero-order valence-corrected chi connectivity index (χ0v) is 18.9. The Kier molecular flexibility index (Phi) is 5.86. The van der Waals surface area contributed by atoms with Gasteiger partial charge < -0.3 is 9.88 Å². The molecule has 0 unspecified atom stereocenters. The van der Waals surface area contributed by atoms with Crippen LogP contribution in [0.2, 0.25) is 0 Å². The molecular formula is C28H28FN3O. The van der Waals surface area contributed by atoms with Crippen molar-refractivity contribution < 1.29 is 4.39 Å². The van der Waals surface area contributed by atoms with E-state index in [1.165, 1.54) is 30.5 Å². The van der Waals surface area contributed by atoms with Crippen molar-refractivity contribution in [2.24, 2.45) is 13.0 Å². The number of nitriles is 1. The summed E-state index contributed by atoms with van der Waals surface area (Å²) in [6.07, 6.45) is 5.27. The molecule has 1 aliphatic carbocycles. The molecule has 1 saturated carbocycles. The van der Waals surface area contributed by atoms with Gasteiger partial charge in [0, 0.05) is 18.2 Å². The summed E-state index contributed by atoms with van der Waals surface area (Å²) in [7, 11) is 1.80. The minimum atomic E-state index is -0.544. The molecular weight excluding hydrogens is 413 g/mol. The Labute approximate surface area is 193 Å². The second-order valence-electron chi connectivity index (χ2n) is 9.40. The van der Waals surface area contributed by atoms with E-state index in [1.807, 2.05) is 12.1 Å². The maximum atomic E-state index is 14.6. The molecule has 168 valence electrons. The van der Waals surface area contributed by atoms with Crippen LogP contribution in [-0.4, -0.2) is 17.7 Å². The molecule has 1 saturated heterocycles. The van der Waals surface area contributed by atoms with Crippen LogP contribution in [0, 0.1) is 23.1 Å². The molecule has 1 aliphatic heterocycles. The monoisotopic (exact) mass is 441 g/mol. The van der Waals surface area contributed by atoms with Gasteiger partial charge in [-0.25, -0.2) is 4.39 Å². The van der Waals surface area contributed by atoms with Crippen molar-refractivity contribution in [2.45, 2.75) is 38.0 Å². The van der Waals surface area contributed by atoms with Crippen LogP contribution >= 0.6 is 0 Å². The van der Waals surface area contributed by atoms with Gasteiger partial charge in [0.2, 0.25) is 0 Å². The number of hydrogen-bond acceptors (Lipinski definition) is 3. The molecule has 4 nitrogen and oxygen atoms in total. The summed E-state index contributed by atoms with van der Waals surface area (Å²) in [6, 6.07) is 16.9. The molecule has 1 aromatic heterocycles. The van der Waals surface area contributed by atoms with Gasteiger partial charge in [-0.1, -0.05) is 30.3 Å². The molecule has 33 heavy (non-hydrogen) atoms. The summed E-state index contributed by atoms with van der Waals surface area (Å²) < 4.78 is 16.3. The second-order valence-corrected chi connectivity index (χ2v) is 9.40. The highest BCUT2D eigenvalue weighted by atomic mass is 19.1. The number of pyridine rings is 1. The molecule has 2 aliphatic rings. The van der Waals surface area contributed by atoms with Crippen molar-refractivity contribution >= 4 is 0 Å². The minimum Gasteiger partial charge on any atom is -0.316 e. The van der Waals surface area contributed by atoms with Gasteiger partial charge in [-0.3, -0.25) is 4.79 Å². The summed E-state index contributed by atoms with van der Waals surface area (Å²) in [5.41, 5.74) is 5.31. The fraction of sp³-hybridized carbons (Fsp3) is 0.357. The Morgan fingerprint density at radius 1 is 1.09 bits per heavy atom. The quantitative estimate of drug-likeness (QED) is 0.576. The zero-order valence-electron chi connectivity index (χ0n) is 18.9. The third-order valence-electron chi connectivity index (χ3n) is 7.11. The van der Waals surface area contributed by atoms with Gasteiger partial charge in [-0.2, -0.15) is 5.26 Å². The Morgan fingerprint density at radius 3 is 2.48 bits per heavy atom. The number of aryl methyl sites for hydroxylation is 1. The van der Waals surface area contributed by atoms with E-state index >= 15 is 0 Å². The molecule has 1 N–H and O–H groups in total. The van der Waals surface area contributed by atoms with Crippen molar-refractivity contribution in [3.05, 3.63) is 81.4 Å². The molecule has 5 rings (SSSR count). The van der Waals surface area contributed by atoms with E-state index in [-0.39, 0.29) is 11.1 Å². The second kappa shape index (κ2) is 8.96. The number of nitrogens with one attached hydrogen (secondary N) is 1. The number of benzene rings is 2. The third-order valence-corrected chi connectivity index (χ3v) is 7.11. The molecule has 1 atom stereocenters. The normalized spacial score (nSPS) is 17.8. The Morgan fingerprint density at radius 2 is 1.85 bits per heavy atom. The zero-order chi connectivity index (χ0) is 22.9. The van der Waals surface area contributed by atoms with E-state index < -0.39 is 5.82 Å². The molecule has 0 spiro atoms. The molecule has 5 heteroatoms. The Balaban J connectivity index is 1.61. The van der Waals surface area contributed by atoms with Gasteiger partial charge >= 0.3 is 0 Å². The molecule has 3 aromatic rings. The van der Waals surface area contributed by atoms with Crippen LogP contribution in [0.5, 0.6) is 0 Å². The first kappa shape index (κ1) is 21.6. The van der Waals surface area contributed by atoms with Crippen molar-refractivity contribution in [1.29, 1.82) is 5.26 Å². The van der Waals surface area contributed by atoms with Crippen molar-refractivity contribution in [1.82, 2.24) is 9.88 Å². The lowest BCUT2D eigenvalue weighted by molar-refractivity contribution is 0.530. The van der Waals surface area contributed by atoms with Crippen LogP contribution in [0.4, 0.5) is 4.39 Å². The summed E-state index contributed by atoms with van der Waals surface area (Å²) in [4.78, 5) is 13.3. The van der Waals surface area contributed by atoms with Gasteiger partial charge in [-0.15, -0.1) is 0 Å². The van der Waals surface area contributed by atoms with E-state index in [1.54, 1.807) is 17.7 Å². The molecule has 2 aromatic carbocycles. The molecule has 0 amide bonds. The summed E-state index contributed by atoms with van der Waals surface area (Å²) in [6.45, 7) is 2.04. The highest BCUT2D eigenvalue weighted by Gasteiger charge is 2.24. The minimum absolute atomic E-state index is 0.0000857. The lowest BCUT2D eigenvalue weighted by Gasteiger charge is -2.18. The predicted octanol–water partition coefficient (Wildman–Crippen LogP) is 5.15.